The summed E-state index contributed by atoms with van der Waals surface area (Å²) in [5.74, 6) is -1.52. The van der Waals surface area contributed by atoms with Gasteiger partial charge in [-0.25, -0.2) is 4.99 Å². The minimum absolute atomic E-state index is 0.0909. The Morgan fingerprint density at radius 2 is 1.71 bits per heavy atom. The number of nitrogens with two attached hydrogens (primary N) is 1. The highest BCUT2D eigenvalue weighted by Crippen LogP contribution is 2.81. The second kappa shape index (κ2) is 5.04. The molecule has 3 rings (SSSR count). The highest BCUT2D eigenvalue weighted by Gasteiger charge is 2.93. The van der Waals surface area contributed by atoms with Crippen LogP contribution in [0.5, 0.6) is 0 Å². The third-order valence-corrected chi connectivity index (χ3v) is 5.42. The van der Waals surface area contributed by atoms with Crippen molar-refractivity contribution in [3.05, 3.63) is 35.4 Å². The van der Waals surface area contributed by atoms with Gasteiger partial charge in [-0.3, -0.25) is 0 Å². The lowest BCUT2D eigenvalue weighted by Crippen LogP contribution is -2.41. The molecular formula is C18H20N4O2. The van der Waals surface area contributed by atoms with Gasteiger partial charge in [-0.05, 0) is 17.0 Å². The zero-order valence-electron chi connectivity index (χ0n) is 14.2. The molecule has 2 aliphatic rings. The Hall–Kier alpha value is -2.41. The van der Waals surface area contributed by atoms with Crippen LogP contribution in [0.3, 0.4) is 0 Å². The molecule has 0 amide bonds. The molecule has 0 aromatic heterocycles. The molecule has 1 saturated carbocycles. The third-order valence-electron chi connectivity index (χ3n) is 5.42. The van der Waals surface area contributed by atoms with Gasteiger partial charge in [0.05, 0.1) is 12.1 Å². The number of hydrogen-bond donors (Lipinski definition) is 1. The van der Waals surface area contributed by atoms with Crippen molar-refractivity contribution >= 4 is 5.84 Å². The quantitative estimate of drug-likeness (QED) is 0.855. The van der Waals surface area contributed by atoms with E-state index in [2.05, 4.69) is 31.0 Å². The summed E-state index contributed by atoms with van der Waals surface area (Å²) in [7, 11) is 2.81. The van der Waals surface area contributed by atoms with E-state index in [0.717, 1.165) is 5.56 Å². The van der Waals surface area contributed by atoms with Crippen molar-refractivity contribution in [3.8, 4) is 12.1 Å². The highest BCUT2D eigenvalue weighted by atomic mass is 16.7. The lowest BCUT2D eigenvalue weighted by molar-refractivity contribution is -0.230. The highest BCUT2D eigenvalue weighted by molar-refractivity contribution is 6.00. The predicted octanol–water partition coefficient (Wildman–Crippen LogP) is 2.24. The van der Waals surface area contributed by atoms with Crippen molar-refractivity contribution in [1.29, 1.82) is 10.5 Å². The summed E-state index contributed by atoms with van der Waals surface area (Å²) in [4.78, 5) is 4.20. The number of amidine groups is 1. The Labute approximate surface area is 141 Å². The zero-order chi connectivity index (χ0) is 17.8. The topological polar surface area (TPSA) is 104 Å². The van der Waals surface area contributed by atoms with Crippen molar-refractivity contribution in [2.75, 3.05) is 14.2 Å². The van der Waals surface area contributed by atoms with Crippen LogP contribution in [0.1, 0.15) is 36.8 Å². The van der Waals surface area contributed by atoms with Crippen LogP contribution < -0.4 is 5.73 Å². The Morgan fingerprint density at radius 1 is 1.12 bits per heavy atom. The molecule has 3 atom stereocenters. The molecule has 2 N–H and O–H groups in total. The van der Waals surface area contributed by atoms with E-state index < -0.39 is 22.7 Å². The summed E-state index contributed by atoms with van der Waals surface area (Å²) in [6.07, 6.45) is 0. The second-order valence-electron chi connectivity index (χ2n) is 6.58. The summed E-state index contributed by atoms with van der Waals surface area (Å²) in [6, 6.07) is 12.4. The van der Waals surface area contributed by atoms with Gasteiger partial charge in [0.15, 0.2) is 5.41 Å². The Bertz CT molecular complexity index is 783. The van der Waals surface area contributed by atoms with Crippen molar-refractivity contribution in [1.82, 2.24) is 0 Å². The van der Waals surface area contributed by atoms with Crippen LogP contribution in [-0.2, 0) is 9.47 Å². The minimum atomic E-state index is -1.57. The van der Waals surface area contributed by atoms with Gasteiger partial charge in [0.25, 0.3) is 5.91 Å². The number of aliphatic imine (C=N–C) groups is 1. The molecular weight excluding hydrogens is 304 g/mol. The molecule has 6 nitrogen and oxygen atoms in total. The van der Waals surface area contributed by atoms with E-state index in [-0.39, 0.29) is 5.84 Å². The molecule has 124 valence electrons. The molecule has 1 fully saturated rings. The van der Waals surface area contributed by atoms with Gasteiger partial charge in [-0.2, -0.15) is 10.5 Å². The largest absolute Gasteiger partial charge is 0.386 e. The summed E-state index contributed by atoms with van der Waals surface area (Å²) in [5.41, 5.74) is 5.60. The van der Waals surface area contributed by atoms with E-state index in [4.69, 9.17) is 15.2 Å². The Kier molecular flexibility index (Phi) is 3.46. The van der Waals surface area contributed by atoms with Gasteiger partial charge < -0.3 is 15.2 Å². The molecule has 1 aromatic carbocycles. The van der Waals surface area contributed by atoms with Gasteiger partial charge in [-0.1, -0.05) is 38.1 Å². The van der Waals surface area contributed by atoms with Crippen LogP contribution in [0.2, 0.25) is 0 Å². The molecule has 0 saturated heterocycles. The Balaban J connectivity index is 2.16. The van der Waals surface area contributed by atoms with Gasteiger partial charge in [0.1, 0.15) is 11.3 Å². The van der Waals surface area contributed by atoms with Gasteiger partial charge >= 0.3 is 0 Å². The average molecular weight is 324 g/mol. The number of nitriles is 2. The predicted molar refractivity (Wildman–Crippen MR) is 87.7 cm³/mol. The van der Waals surface area contributed by atoms with Crippen LogP contribution in [0.25, 0.3) is 0 Å². The van der Waals surface area contributed by atoms with E-state index in [1.165, 1.54) is 19.8 Å². The van der Waals surface area contributed by atoms with E-state index in [1.807, 2.05) is 24.3 Å². The SMILES string of the molecule is COC1(OC)N=C(N)C2(C#N)C(c3ccc(C(C)C)cc3)C12C#N. The summed E-state index contributed by atoms with van der Waals surface area (Å²) < 4.78 is 10.9. The van der Waals surface area contributed by atoms with Crippen LogP contribution in [-0.4, -0.2) is 26.0 Å². The maximum Gasteiger partial charge on any atom is 0.292 e. The van der Waals surface area contributed by atoms with Crippen LogP contribution in [0.4, 0.5) is 0 Å². The molecule has 1 heterocycles. The molecule has 6 heteroatoms. The van der Waals surface area contributed by atoms with Crippen LogP contribution >= 0.6 is 0 Å². The number of nitrogens with zero attached hydrogens (tertiary/aromatic N) is 3. The van der Waals surface area contributed by atoms with E-state index in [1.54, 1.807) is 0 Å². The summed E-state index contributed by atoms with van der Waals surface area (Å²) in [5, 5.41) is 19.8. The first kappa shape index (κ1) is 16.4. The molecule has 24 heavy (non-hydrogen) atoms. The first-order chi connectivity index (χ1) is 11.4. The van der Waals surface area contributed by atoms with Crippen LogP contribution in [0, 0.1) is 33.5 Å². The molecule has 0 radical (unpaired) electrons. The van der Waals surface area contributed by atoms with Crippen molar-refractivity contribution < 1.29 is 9.47 Å². The number of fused-ring (bicyclic) bond motifs is 1. The van der Waals surface area contributed by atoms with E-state index >= 15 is 0 Å². The third kappa shape index (κ3) is 1.53. The van der Waals surface area contributed by atoms with Gasteiger partial charge in [0, 0.05) is 20.1 Å². The first-order valence-electron chi connectivity index (χ1n) is 7.79. The van der Waals surface area contributed by atoms with E-state index in [0.29, 0.717) is 5.92 Å². The number of ether oxygens (including phenoxy) is 2. The molecule has 1 aliphatic carbocycles. The normalized spacial score (nSPS) is 32.6. The number of methoxy groups -OCH3 is 2. The van der Waals surface area contributed by atoms with E-state index in [9.17, 15) is 10.5 Å². The molecule has 3 unspecified atom stereocenters. The summed E-state index contributed by atoms with van der Waals surface area (Å²) >= 11 is 0. The fraction of sp³-hybridized carbons (Fsp3) is 0.500. The van der Waals surface area contributed by atoms with Gasteiger partial charge in [-0.15, -0.1) is 0 Å². The number of rotatable bonds is 4. The van der Waals surface area contributed by atoms with Crippen molar-refractivity contribution in [2.24, 2.45) is 21.6 Å². The molecule has 1 aliphatic heterocycles. The molecule has 1 aromatic rings. The first-order valence-corrected chi connectivity index (χ1v) is 7.79. The average Bonchev–Trinajstić information content (AvgIpc) is 3.17. The number of benzene rings is 1. The standard InChI is InChI=1S/C18H20N4O2/c1-11(2)12-5-7-13(8-6-12)14-16(9-19)15(21)22-18(23-3,24-4)17(14,16)10-20/h5-8,11,14H,1-4H3,(H2,21,22). The fourth-order valence-corrected chi connectivity index (χ4v) is 4.09. The molecule has 0 spiro atoms. The fourth-order valence-electron chi connectivity index (χ4n) is 4.09. The smallest absolute Gasteiger partial charge is 0.292 e. The lowest BCUT2D eigenvalue weighted by atomic mass is 9.93. The zero-order valence-corrected chi connectivity index (χ0v) is 14.2. The van der Waals surface area contributed by atoms with Crippen molar-refractivity contribution in [2.45, 2.75) is 31.6 Å². The minimum Gasteiger partial charge on any atom is -0.386 e. The summed E-state index contributed by atoms with van der Waals surface area (Å²) in [6.45, 7) is 4.22. The van der Waals surface area contributed by atoms with Crippen molar-refractivity contribution in [3.63, 3.8) is 0 Å². The second-order valence-corrected chi connectivity index (χ2v) is 6.58. The lowest BCUT2D eigenvalue weighted by Gasteiger charge is -2.29. The maximum absolute atomic E-state index is 9.96. The maximum atomic E-state index is 9.96. The number of hydrogen-bond acceptors (Lipinski definition) is 6. The monoisotopic (exact) mass is 324 g/mol. The van der Waals surface area contributed by atoms with Crippen LogP contribution in [0.15, 0.2) is 29.3 Å². The molecule has 0 bridgehead atoms. The Morgan fingerprint density at radius 3 is 2.12 bits per heavy atom. The van der Waals surface area contributed by atoms with Gasteiger partial charge in [0.2, 0.25) is 0 Å².